The lowest BCUT2D eigenvalue weighted by molar-refractivity contribution is -0.137. The van der Waals surface area contributed by atoms with Crippen molar-refractivity contribution in [3.8, 4) is 0 Å². The van der Waals surface area contributed by atoms with Crippen molar-refractivity contribution >= 4 is 11.9 Å². The van der Waals surface area contributed by atoms with Crippen LogP contribution in [0.3, 0.4) is 0 Å². The second-order valence-electron chi connectivity index (χ2n) is 5.92. The first-order chi connectivity index (χ1) is 11.0. The van der Waals surface area contributed by atoms with E-state index in [1.165, 1.54) is 0 Å². The number of nitrogens with zero attached hydrogens (tertiary/aromatic N) is 4. The summed E-state index contributed by atoms with van der Waals surface area (Å²) in [5.74, 6) is 0.639. The van der Waals surface area contributed by atoms with Gasteiger partial charge in [0.1, 0.15) is 6.04 Å². The van der Waals surface area contributed by atoms with Crippen molar-refractivity contribution in [1.82, 2.24) is 25.1 Å². The molecule has 23 heavy (non-hydrogen) atoms. The molecule has 2 rings (SSSR count). The molecule has 8 nitrogen and oxygen atoms in total. The Kier molecular flexibility index (Phi) is 6.26. The first kappa shape index (κ1) is 17.6. The van der Waals surface area contributed by atoms with Crippen LogP contribution in [0.15, 0.2) is 12.4 Å². The van der Waals surface area contributed by atoms with Crippen molar-refractivity contribution in [2.75, 3.05) is 46.2 Å². The van der Waals surface area contributed by atoms with E-state index < -0.39 is 0 Å². The summed E-state index contributed by atoms with van der Waals surface area (Å²) in [6, 6.07) is -0.267. The van der Waals surface area contributed by atoms with Crippen molar-refractivity contribution in [3.05, 3.63) is 18.0 Å². The maximum atomic E-state index is 12.3. The Morgan fingerprint density at radius 2 is 2.17 bits per heavy atom. The summed E-state index contributed by atoms with van der Waals surface area (Å²) in [7, 11) is 5.57. The molecule has 128 valence electrons. The number of anilines is 1. The Bertz CT molecular complexity index is 505. The average Bonchev–Trinajstić information content (AvgIpc) is 2.53. The molecule has 2 N–H and O–H groups in total. The van der Waals surface area contributed by atoms with Crippen molar-refractivity contribution in [2.24, 2.45) is 0 Å². The lowest BCUT2D eigenvalue weighted by Gasteiger charge is -2.32. The summed E-state index contributed by atoms with van der Waals surface area (Å²) in [6.07, 6.45) is 3.67. The quantitative estimate of drug-likeness (QED) is 0.669. The molecule has 1 fully saturated rings. The number of piperazine rings is 1. The smallest absolute Gasteiger partial charge is 0.242 e. The molecule has 1 aliphatic heterocycles. The zero-order valence-electron chi connectivity index (χ0n) is 14.2. The Hall–Kier alpha value is -1.77. The molecule has 0 saturated carbocycles. The molecule has 0 bridgehead atoms. The van der Waals surface area contributed by atoms with Gasteiger partial charge in [0, 0.05) is 44.7 Å². The molecule has 0 aromatic carbocycles. The fraction of sp³-hybridized carbons (Fsp3) is 0.667. The molecule has 8 heteroatoms. The number of hydrogen-bond donors (Lipinski definition) is 2. The predicted molar refractivity (Wildman–Crippen MR) is 87.9 cm³/mol. The van der Waals surface area contributed by atoms with Crippen LogP contribution < -0.4 is 10.6 Å². The molecule has 1 amide bonds. The van der Waals surface area contributed by atoms with Gasteiger partial charge in [-0.1, -0.05) is 0 Å². The van der Waals surface area contributed by atoms with Crippen LogP contribution in [0.4, 0.5) is 5.95 Å². The summed E-state index contributed by atoms with van der Waals surface area (Å²) >= 11 is 0. The standard InChI is InChI=1S/C15H26N6O2/c1-11(20(2)3)19-15-17-7-12(8-18-15)9-21-6-5-16-13(10-23-4)14(21)22/h7-8,11,13,16H,5-6,9-10H2,1-4H3,(H,17,18,19). The minimum absolute atomic E-state index is 0.0570. The van der Waals surface area contributed by atoms with Gasteiger partial charge < -0.3 is 20.3 Å². The van der Waals surface area contributed by atoms with E-state index in [4.69, 9.17) is 4.74 Å². The molecule has 2 heterocycles. The molecule has 1 aliphatic rings. The number of hydrogen-bond acceptors (Lipinski definition) is 7. The lowest BCUT2D eigenvalue weighted by atomic mass is 10.2. The molecular formula is C15H26N6O2. The molecule has 2 atom stereocenters. The number of nitrogens with one attached hydrogen (secondary N) is 2. The number of rotatable bonds is 7. The van der Waals surface area contributed by atoms with Crippen LogP contribution in [-0.4, -0.2) is 78.8 Å². The van der Waals surface area contributed by atoms with Crippen LogP contribution in [0.5, 0.6) is 0 Å². The largest absolute Gasteiger partial charge is 0.383 e. The Morgan fingerprint density at radius 1 is 1.48 bits per heavy atom. The van der Waals surface area contributed by atoms with Crippen LogP contribution in [0.25, 0.3) is 0 Å². The van der Waals surface area contributed by atoms with Crippen molar-refractivity contribution in [2.45, 2.75) is 25.7 Å². The molecule has 1 saturated heterocycles. The highest BCUT2D eigenvalue weighted by atomic mass is 16.5. The highest BCUT2D eigenvalue weighted by Crippen LogP contribution is 2.09. The van der Waals surface area contributed by atoms with Gasteiger partial charge in [0.2, 0.25) is 11.9 Å². The van der Waals surface area contributed by atoms with E-state index in [0.29, 0.717) is 25.6 Å². The van der Waals surface area contributed by atoms with Crippen LogP contribution in [0.2, 0.25) is 0 Å². The molecule has 0 spiro atoms. The third-order valence-electron chi connectivity index (χ3n) is 3.91. The van der Waals surface area contributed by atoms with Crippen LogP contribution in [0, 0.1) is 0 Å². The van der Waals surface area contributed by atoms with Gasteiger partial charge >= 0.3 is 0 Å². The van der Waals surface area contributed by atoms with Crippen molar-refractivity contribution in [3.63, 3.8) is 0 Å². The minimum atomic E-state index is -0.267. The van der Waals surface area contributed by atoms with E-state index >= 15 is 0 Å². The van der Waals surface area contributed by atoms with Gasteiger partial charge in [-0.2, -0.15) is 0 Å². The van der Waals surface area contributed by atoms with E-state index in [-0.39, 0.29) is 18.1 Å². The van der Waals surface area contributed by atoms with E-state index in [2.05, 4.69) is 20.6 Å². The number of carbonyl (C=O) groups is 1. The van der Waals surface area contributed by atoms with Crippen LogP contribution >= 0.6 is 0 Å². The van der Waals surface area contributed by atoms with E-state index in [1.54, 1.807) is 19.5 Å². The van der Waals surface area contributed by atoms with E-state index in [1.807, 2.05) is 30.8 Å². The topological polar surface area (TPSA) is 82.6 Å². The number of ether oxygens (including phenoxy) is 1. The Balaban J connectivity index is 1.93. The zero-order valence-corrected chi connectivity index (χ0v) is 14.2. The van der Waals surface area contributed by atoms with Gasteiger partial charge in [0.15, 0.2) is 0 Å². The number of aromatic nitrogens is 2. The monoisotopic (exact) mass is 322 g/mol. The molecule has 2 unspecified atom stereocenters. The molecular weight excluding hydrogens is 296 g/mol. The molecule has 0 radical (unpaired) electrons. The second kappa shape index (κ2) is 8.19. The maximum Gasteiger partial charge on any atom is 0.242 e. The molecule has 1 aromatic rings. The highest BCUT2D eigenvalue weighted by Gasteiger charge is 2.28. The summed E-state index contributed by atoms with van der Waals surface area (Å²) in [6.45, 7) is 4.38. The van der Waals surface area contributed by atoms with Gasteiger partial charge in [0.25, 0.3) is 0 Å². The zero-order chi connectivity index (χ0) is 16.8. The summed E-state index contributed by atoms with van der Waals surface area (Å²) in [5.41, 5.74) is 0.916. The van der Waals surface area contributed by atoms with Gasteiger partial charge in [-0.3, -0.25) is 9.69 Å². The van der Waals surface area contributed by atoms with Gasteiger partial charge in [-0.05, 0) is 21.0 Å². The summed E-state index contributed by atoms with van der Waals surface area (Å²) in [4.78, 5) is 24.8. The Labute approximate surface area is 137 Å². The summed E-state index contributed by atoms with van der Waals surface area (Å²) < 4.78 is 5.08. The van der Waals surface area contributed by atoms with Crippen LogP contribution in [-0.2, 0) is 16.1 Å². The summed E-state index contributed by atoms with van der Waals surface area (Å²) in [5, 5.41) is 6.37. The highest BCUT2D eigenvalue weighted by molar-refractivity contribution is 5.82. The first-order valence-electron chi connectivity index (χ1n) is 7.76. The fourth-order valence-electron chi connectivity index (χ4n) is 2.29. The third kappa shape index (κ3) is 4.85. The molecule has 1 aromatic heterocycles. The normalized spacial score (nSPS) is 20.0. The predicted octanol–water partition coefficient (Wildman–Crippen LogP) is -0.257. The fourth-order valence-corrected chi connectivity index (χ4v) is 2.29. The minimum Gasteiger partial charge on any atom is -0.383 e. The number of amides is 1. The van der Waals surface area contributed by atoms with Gasteiger partial charge in [-0.15, -0.1) is 0 Å². The van der Waals surface area contributed by atoms with Crippen molar-refractivity contribution < 1.29 is 9.53 Å². The number of methoxy groups -OCH3 is 1. The van der Waals surface area contributed by atoms with Crippen molar-refractivity contribution in [1.29, 1.82) is 0 Å². The van der Waals surface area contributed by atoms with Crippen LogP contribution in [0.1, 0.15) is 12.5 Å². The number of carbonyl (C=O) groups excluding carboxylic acids is 1. The SMILES string of the molecule is COCC1NCCN(Cc2cnc(NC(C)N(C)C)nc2)C1=O. The van der Waals surface area contributed by atoms with Gasteiger partial charge in [-0.25, -0.2) is 9.97 Å². The van der Waals surface area contributed by atoms with E-state index in [9.17, 15) is 4.79 Å². The molecule has 0 aliphatic carbocycles. The lowest BCUT2D eigenvalue weighted by Crippen LogP contribution is -2.56. The average molecular weight is 322 g/mol. The third-order valence-corrected chi connectivity index (χ3v) is 3.91. The van der Waals surface area contributed by atoms with Gasteiger partial charge in [0.05, 0.1) is 12.8 Å². The van der Waals surface area contributed by atoms with E-state index in [0.717, 1.165) is 12.1 Å². The maximum absolute atomic E-state index is 12.3. The Morgan fingerprint density at radius 3 is 2.78 bits per heavy atom. The first-order valence-corrected chi connectivity index (χ1v) is 7.76. The second-order valence-corrected chi connectivity index (χ2v) is 5.92.